The van der Waals surface area contributed by atoms with Crippen molar-refractivity contribution < 1.29 is 9.21 Å². The molecule has 94 valence electrons. The zero-order valence-electron chi connectivity index (χ0n) is 9.94. The molecular formula is C14H8ClNO3. The van der Waals surface area contributed by atoms with Crippen LogP contribution in [0.5, 0.6) is 0 Å². The van der Waals surface area contributed by atoms with E-state index < -0.39 is 0 Å². The highest BCUT2D eigenvalue weighted by atomic mass is 35.5. The maximum absolute atomic E-state index is 12.3. The van der Waals surface area contributed by atoms with Crippen LogP contribution in [0.2, 0.25) is 5.02 Å². The molecule has 0 N–H and O–H groups in total. The summed E-state index contributed by atoms with van der Waals surface area (Å²) in [6.45, 7) is 1.42. The summed E-state index contributed by atoms with van der Waals surface area (Å²) in [6.07, 6.45) is 1.54. The van der Waals surface area contributed by atoms with E-state index in [-0.39, 0.29) is 27.5 Å². The Morgan fingerprint density at radius 3 is 2.84 bits per heavy atom. The van der Waals surface area contributed by atoms with Crippen LogP contribution in [0.15, 0.2) is 39.7 Å². The van der Waals surface area contributed by atoms with Gasteiger partial charge in [0.15, 0.2) is 11.4 Å². The maximum Gasteiger partial charge on any atom is 0.230 e. The van der Waals surface area contributed by atoms with Crippen molar-refractivity contribution >= 4 is 39.5 Å². The summed E-state index contributed by atoms with van der Waals surface area (Å²) in [6, 6.07) is 6.27. The van der Waals surface area contributed by atoms with Crippen LogP contribution >= 0.6 is 11.6 Å². The number of nitrogens with zero attached hydrogens (tertiary/aromatic N) is 1. The molecular weight excluding hydrogens is 266 g/mol. The van der Waals surface area contributed by atoms with Crippen LogP contribution in [0.25, 0.3) is 22.1 Å². The van der Waals surface area contributed by atoms with E-state index in [1.165, 1.54) is 25.3 Å². The second-order valence-corrected chi connectivity index (χ2v) is 4.59. The Labute approximate surface area is 112 Å². The standard InChI is InChI=1S/C14H8ClNO3/c1-7(17)8-5-10-12(18)9-3-2-4-16-14(9)19-13(10)11(15)6-8/h2-6H,1H3. The number of carbonyl (C=O) groups is 1. The molecule has 0 atom stereocenters. The van der Waals surface area contributed by atoms with Gasteiger partial charge in [-0.1, -0.05) is 11.6 Å². The molecule has 0 aliphatic carbocycles. The van der Waals surface area contributed by atoms with Crippen molar-refractivity contribution in [2.75, 3.05) is 0 Å². The smallest absolute Gasteiger partial charge is 0.230 e. The van der Waals surface area contributed by atoms with Crippen LogP contribution in [0.1, 0.15) is 17.3 Å². The number of fused-ring (bicyclic) bond motifs is 2. The van der Waals surface area contributed by atoms with Crippen molar-refractivity contribution in [3.63, 3.8) is 0 Å². The number of rotatable bonds is 1. The maximum atomic E-state index is 12.3. The van der Waals surface area contributed by atoms with Crippen LogP contribution in [0, 0.1) is 0 Å². The Bertz CT molecular complexity index is 883. The molecule has 0 saturated heterocycles. The van der Waals surface area contributed by atoms with Crippen molar-refractivity contribution in [2.45, 2.75) is 6.92 Å². The summed E-state index contributed by atoms with van der Waals surface area (Å²) in [4.78, 5) is 27.8. The Kier molecular flexibility index (Phi) is 2.61. The lowest BCUT2D eigenvalue weighted by atomic mass is 10.1. The molecule has 0 saturated carbocycles. The number of aromatic nitrogens is 1. The van der Waals surface area contributed by atoms with Gasteiger partial charge in [-0.3, -0.25) is 9.59 Å². The van der Waals surface area contributed by atoms with Gasteiger partial charge < -0.3 is 4.42 Å². The molecule has 2 heterocycles. The molecule has 19 heavy (non-hydrogen) atoms. The number of hydrogen-bond donors (Lipinski definition) is 0. The topological polar surface area (TPSA) is 60.2 Å². The Balaban J connectivity index is 2.55. The fourth-order valence-corrected chi connectivity index (χ4v) is 2.21. The van der Waals surface area contributed by atoms with Gasteiger partial charge in [0.25, 0.3) is 0 Å². The van der Waals surface area contributed by atoms with Crippen LogP contribution < -0.4 is 5.43 Å². The predicted octanol–water partition coefficient (Wildman–Crippen LogP) is 3.20. The zero-order valence-corrected chi connectivity index (χ0v) is 10.7. The first-order valence-electron chi connectivity index (χ1n) is 5.60. The van der Waals surface area contributed by atoms with E-state index in [4.69, 9.17) is 16.0 Å². The lowest BCUT2D eigenvalue weighted by Gasteiger charge is -2.04. The van der Waals surface area contributed by atoms with Crippen molar-refractivity contribution in [2.24, 2.45) is 0 Å². The van der Waals surface area contributed by atoms with Crippen molar-refractivity contribution in [3.8, 4) is 0 Å². The minimum atomic E-state index is -0.241. The minimum absolute atomic E-state index is 0.158. The van der Waals surface area contributed by atoms with Gasteiger partial charge in [0, 0.05) is 11.8 Å². The summed E-state index contributed by atoms with van der Waals surface area (Å²) in [7, 11) is 0. The van der Waals surface area contributed by atoms with Crippen LogP contribution in [0.4, 0.5) is 0 Å². The summed E-state index contributed by atoms with van der Waals surface area (Å²) in [5, 5.41) is 0.886. The minimum Gasteiger partial charge on any atom is -0.436 e. The van der Waals surface area contributed by atoms with Gasteiger partial charge in [-0.2, -0.15) is 0 Å². The van der Waals surface area contributed by atoms with Crippen molar-refractivity contribution in [1.29, 1.82) is 0 Å². The van der Waals surface area contributed by atoms with Gasteiger partial charge in [0.2, 0.25) is 11.1 Å². The molecule has 0 fully saturated rings. The van der Waals surface area contributed by atoms with Gasteiger partial charge in [0.05, 0.1) is 15.8 Å². The fourth-order valence-electron chi connectivity index (χ4n) is 1.96. The molecule has 3 rings (SSSR count). The highest BCUT2D eigenvalue weighted by Crippen LogP contribution is 2.26. The quantitative estimate of drug-likeness (QED) is 0.505. The highest BCUT2D eigenvalue weighted by Gasteiger charge is 2.13. The van der Waals surface area contributed by atoms with E-state index in [1.807, 2.05) is 0 Å². The molecule has 0 bridgehead atoms. The lowest BCUT2D eigenvalue weighted by molar-refractivity contribution is 0.101. The number of pyridine rings is 1. The Morgan fingerprint density at radius 1 is 1.32 bits per heavy atom. The van der Waals surface area contributed by atoms with Gasteiger partial charge in [-0.25, -0.2) is 4.98 Å². The molecule has 0 radical (unpaired) electrons. The number of benzene rings is 1. The van der Waals surface area contributed by atoms with E-state index in [9.17, 15) is 9.59 Å². The number of carbonyl (C=O) groups excluding carboxylic acids is 1. The monoisotopic (exact) mass is 273 g/mol. The first-order valence-corrected chi connectivity index (χ1v) is 5.98. The second kappa shape index (κ2) is 4.17. The summed E-state index contributed by atoms with van der Waals surface area (Å²) in [5.74, 6) is -0.158. The first kappa shape index (κ1) is 11.9. The number of halogens is 1. The van der Waals surface area contributed by atoms with Gasteiger partial charge in [-0.05, 0) is 31.2 Å². The van der Waals surface area contributed by atoms with Gasteiger partial charge in [0.1, 0.15) is 0 Å². The molecule has 1 aromatic carbocycles. The predicted molar refractivity (Wildman–Crippen MR) is 72.8 cm³/mol. The Morgan fingerprint density at radius 2 is 2.11 bits per heavy atom. The average Bonchev–Trinajstić information content (AvgIpc) is 2.40. The van der Waals surface area contributed by atoms with Crippen LogP contribution in [0.3, 0.4) is 0 Å². The van der Waals surface area contributed by atoms with E-state index >= 15 is 0 Å². The summed E-state index contributed by atoms with van der Waals surface area (Å²) >= 11 is 6.07. The third-order valence-electron chi connectivity index (χ3n) is 2.91. The Hall–Kier alpha value is -2.20. The number of Topliss-reactive ketones (excluding diaryl/α,β-unsaturated/α-hetero) is 1. The molecule has 2 aromatic heterocycles. The molecule has 0 amide bonds. The van der Waals surface area contributed by atoms with E-state index in [0.717, 1.165) is 0 Å². The molecule has 0 aliphatic rings. The lowest BCUT2D eigenvalue weighted by Crippen LogP contribution is -2.04. The van der Waals surface area contributed by atoms with Crippen LogP contribution in [-0.4, -0.2) is 10.8 Å². The zero-order chi connectivity index (χ0) is 13.6. The molecule has 3 aromatic rings. The van der Waals surface area contributed by atoms with E-state index in [2.05, 4.69) is 4.98 Å². The number of ketones is 1. The van der Waals surface area contributed by atoms with Gasteiger partial charge in [-0.15, -0.1) is 0 Å². The van der Waals surface area contributed by atoms with Crippen molar-refractivity contribution in [3.05, 3.63) is 51.3 Å². The number of hydrogen-bond acceptors (Lipinski definition) is 4. The van der Waals surface area contributed by atoms with Crippen LogP contribution in [-0.2, 0) is 0 Å². The molecule has 0 aliphatic heterocycles. The van der Waals surface area contributed by atoms with Crippen molar-refractivity contribution in [1.82, 2.24) is 4.98 Å². The SMILES string of the molecule is CC(=O)c1cc(Cl)c2oc3ncccc3c(=O)c2c1. The van der Waals surface area contributed by atoms with E-state index in [0.29, 0.717) is 16.3 Å². The molecule has 4 nitrogen and oxygen atoms in total. The summed E-state index contributed by atoms with van der Waals surface area (Å²) < 4.78 is 5.54. The third-order valence-corrected chi connectivity index (χ3v) is 3.19. The second-order valence-electron chi connectivity index (χ2n) is 4.18. The summed E-state index contributed by atoms with van der Waals surface area (Å²) in [5.41, 5.74) is 0.628. The van der Waals surface area contributed by atoms with E-state index in [1.54, 1.807) is 12.1 Å². The molecule has 0 spiro atoms. The fraction of sp³-hybridized carbons (Fsp3) is 0.0714. The average molecular weight is 274 g/mol. The third kappa shape index (κ3) is 1.81. The molecule has 5 heteroatoms. The largest absolute Gasteiger partial charge is 0.436 e. The highest BCUT2D eigenvalue weighted by molar-refractivity contribution is 6.35. The molecule has 0 unspecified atom stereocenters. The van der Waals surface area contributed by atoms with Gasteiger partial charge >= 0.3 is 0 Å². The first-order chi connectivity index (χ1) is 9.08. The normalized spacial score (nSPS) is 11.1.